The van der Waals surface area contributed by atoms with Crippen molar-refractivity contribution in [2.45, 2.75) is 32.6 Å². The van der Waals surface area contributed by atoms with Gasteiger partial charge in [0.1, 0.15) is 7.05 Å². The van der Waals surface area contributed by atoms with E-state index in [0.717, 1.165) is 46.4 Å². The first-order valence-corrected chi connectivity index (χ1v) is 12.7. The van der Waals surface area contributed by atoms with Gasteiger partial charge in [-0.3, -0.25) is 5.01 Å². The number of aromatic nitrogens is 1. The summed E-state index contributed by atoms with van der Waals surface area (Å²) in [4.78, 5) is 12.8. The molecule has 3 aromatic carbocycles. The van der Waals surface area contributed by atoms with E-state index in [1.807, 2.05) is 79.5 Å². The highest BCUT2D eigenvalue weighted by Crippen LogP contribution is 2.26. The lowest BCUT2D eigenvalue weighted by Gasteiger charge is -2.17. The Morgan fingerprint density at radius 2 is 1.57 bits per heavy atom. The number of nitrogens with one attached hydrogen (secondary N) is 1. The van der Waals surface area contributed by atoms with Gasteiger partial charge in [0.2, 0.25) is 5.52 Å². The molecule has 4 aromatic rings. The molecule has 0 fully saturated rings. The Balaban J connectivity index is 1.56. The number of esters is 1. The number of hydrogen-bond donors (Lipinski definition) is 1. The van der Waals surface area contributed by atoms with Crippen LogP contribution in [0, 0.1) is 0 Å². The minimum absolute atomic E-state index is 0.251. The molecule has 0 aliphatic heterocycles. The molecule has 37 heavy (non-hydrogen) atoms. The van der Waals surface area contributed by atoms with Crippen molar-refractivity contribution in [3.05, 3.63) is 96.2 Å². The predicted octanol–water partition coefficient (Wildman–Crippen LogP) is 6.33. The number of rotatable bonds is 9. The van der Waals surface area contributed by atoms with E-state index >= 15 is 0 Å². The van der Waals surface area contributed by atoms with Crippen LogP contribution >= 0.6 is 0 Å². The van der Waals surface area contributed by atoms with Gasteiger partial charge in [-0.1, -0.05) is 38.1 Å². The second-order valence-electron chi connectivity index (χ2n) is 9.13. The SMILES string of the molecule is CCC(CC)c1ccc(Nc2ccc(N(C)/N=C(\C(=O)OC)c3cc[n+](C)c4ccccc34)cc2)cc1. The van der Waals surface area contributed by atoms with E-state index < -0.39 is 5.97 Å². The fourth-order valence-corrected chi connectivity index (χ4v) is 4.61. The van der Waals surface area contributed by atoms with Gasteiger partial charge in [-0.2, -0.15) is 5.10 Å². The van der Waals surface area contributed by atoms with Crippen molar-refractivity contribution in [1.29, 1.82) is 0 Å². The van der Waals surface area contributed by atoms with E-state index in [-0.39, 0.29) is 5.71 Å². The molecular weight excluding hydrogens is 460 g/mol. The van der Waals surface area contributed by atoms with E-state index in [2.05, 4.69) is 48.5 Å². The van der Waals surface area contributed by atoms with Crippen molar-refractivity contribution >= 4 is 39.6 Å². The number of anilines is 3. The van der Waals surface area contributed by atoms with Gasteiger partial charge in [-0.15, -0.1) is 0 Å². The van der Waals surface area contributed by atoms with E-state index in [1.54, 1.807) is 5.01 Å². The molecule has 190 valence electrons. The van der Waals surface area contributed by atoms with Crippen molar-refractivity contribution in [1.82, 2.24) is 0 Å². The number of para-hydroxylation sites is 1. The largest absolute Gasteiger partial charge is 0.464 e. The van der Waals surface area contributed by atoms with Gasteiger partial charge < -0.3 is 10.1 Å². The zero-order chi connectivity index (χ0) is 26.4. The minimum Gasteiger partial charge on any atom is -0.464 e. The van der Waals surface area contributed by atoms with Crippen molar-refractivity contribution in [3.63, 3.8) is 0 Å². The first-order valence-electron chi connectivity index (χ1n) is 12.7. The van der Waals surface area contributed by atoms with Gasteiger partial charge in [0, 0.05) is 36.1 Å². The van der Waals surface area contributed by atoms with Gasteiger partial charge in [0.05, 0.1) is 18.2 Å². The van der Waals surface area contributed by atoms with Crippen molar-refractivity contribution in [2.75, 3.05) is 24.5 Å². The summed E-state index contributed by atoms with van der Waals surface area (Å²) in [5.41, 5.74) is 6.23. The van der Waals surface area contributed by atoms with Crippen LogP contribution in [0.4, 0.5) is 17.1 Å². The molecule has 0 aliphatic carbocycles. The molecule has 0 saturated heterocycles. The van der Waals surface area contributed by atoms with Gasteiger partial charge in [0.25, 0.3) is 0 Å². The number of nitrogens with zero attached hydrogens (tertiary/aromatic N) is 3. The van der Waals surface area contributed by atoms with Crippen LogP contribution in [0.5, 0.6) is 0 Å². The maximum atomic E-state index is 12.8. The van der Waals surface area contributed by atoms with Crippen LogP contribution < -0.4 is 14.9 Å². The minimum atomic E-state index is -0.485. The third kappa shape index (κ3) is 5.80. The molecule has 0 saturated carbocycles. The summed E-state index contributed by atoms with van der Waals surface area (Å²) < 4.78 is 7.11. The molecule has 0 unspecified atom stereocenters. The lowest BCUT2D eigenvalue weighted by Crippen LogP contribution is -2.30. The van der Waals surface area contributed by atoms with Crippen LogP contribution in [-0.4, -0.2) is 25.8 Å². The van der Waals surface area contributed by atoms with Gasteiger partial charge in [-0.05, 0) is 66.8 Å². The number of fused-ring (bicyclic) bond motifs is 1. The van der Waals surface area contributed by atoms with Gasteiger partial charge >= 0.3 is 5.97 Å². The summed E-state index contributed by atoms with van der Waals surface area (Å²) in [5.74, 6) is 0.122. The Hall–Kier alpha value is -4.19. The quantitative estimate of drug-likeness (QED) is 0.128. The fourth-order valence-electron chi connectivity index (χ4n) is 4.61. The van der Waals surface area contributed by atoms with Crippen LogP contribution in [-0.2, 0) is 16.6 Å². The molecule has 0 spiro atoms. The summed E-state index contributed by atoms with van der Waals surface area (Å²) in [6.45, 7) is 4.47. The Labute approximate surface area is 219 Å². The number of ether oxygens (including phenoxy) is 1. The molecule has 0 aliphatic rings. The Morgan fingerprint density at radius 1 is 0.946 bits per heavy atom. The molecule has 0 bridgehead atoms. The Kier molecular flexibility index (Phi) is 8.18. The second kappa shape index (κ2) is 11.7. The molecule has 1 aromatic heterocycles. The number of benzene rings is 3. The standard InChI is InChI=1S/C31H35N4O2/c1-6-22(7-2)23-12-14-24(15-13-23)32-25-16-18-26(19-17-25)35(4)33-30(31(36)37-5)28-20-21-34(3)29-11-9-8-10-27(28)29/h8-22,32H,6-7H2,1-5H3/q+1. The normalized spacial score (nSPS) is 11.6. The van der Waals surface area contributed by atoms with Gasteiger partial charge in [-0.25, -0.2) is 9.36 Å². The fraction of sp³-hybridized carbons (Fsp3) is 0.258. The molecule has 0 amide bonds. The topological polar surface area (TPSA) is 57.8 Å². The average molecular weight is 496 g/mol. The maximum Gasteiger partial charge on any atom is 0.359 e. The average Bonchev–Trinajstić information content (AvgIpc) is 2.94. The third-order valence-electron chi connectivity index (χ3n) is 6.82. The molecule has 1 N–H and O–H groups in total. The highest BCUT2D eigenvalue weighted by molar-refractivity contribution is 6.45. The van der Waals surface area contributed by atoms with Crippen LogP contribution in [0.3, 0.4) is 0 Å². The first-order chi connectivity index (χ1) is 17.9. The van der Waals surface area contributed by atoms with E-state index in [0.29, 0.717) is 5.92 Å². The molecular formula is C31H35N4O2+. The molecule has 6 nitrogen and oxygen atoms in total. The highest BCUT2D eigenvalue weighted by atomic mass is 16.5. The van der Waals surface area contributed by atoms with Crippen LogP contribution in [0.15, 0.2) is 90.2 Å². The van der Waals surface area contributed by atoms with Crippen LogP contribution in [0.25, 0.3) is 10.9 Å². The number of hydrogen-bond acceptors (Lipinski definition) is 5. The van der Waals surface area contributed by atoms with E-state index in [4.69, 9.17) is 4.74 Å². The van der Waals surface area contributed by atoms with Crippen molar-refractivity contribution in [2.24, 2.45) is 12.1 Å². The number of pyridine rings is 1. The molecule has 0 radical (unpaired) electrons. The summed E-state index contributed by atoms with van der Waals surface area (Å²) >= 11 is 0. The molecule has 6 heteroatoms. The third-order valence-corrected chi connectivity index (χ3v) is 6.82. The monoisotopic (exact) mass is 495 g/mol. The van der Waals surface area contributed by atoms with E-state index in [9.17, 15) is 4.79 Å². The smallest absolute Gasteiger partial charge is 0.359 e. The highest BCUT2D eigenvalue weighted by Gasteiger charge is 2.21. The number of methoxy groups -OCH3 is 1. The number of aryl methyl sites for hydroxylation is 1. The van der Waals surface area contributed by atoms with Crippen molar-refractivity contribution in [3.8, 4) is 0 Å². The zero-order valence-electron chi connectivity index (χ0n) is 22.2. The number of hydrazone groups is 1. The maximum absolute atomic E-state index is 12.8. The molecule has 0 atom stereocenters. The number of carbonyl (C=O) groups is 1. The van der Waals surface area contributed by atoms with Crippen LogP contribution in [0.1, 0.15) is 43.7 Å². The molecule has 4 rings (SSSR count). The van der Waals surface area contributed by atoms with Crippen LogP contribution in [0.2, 0.25) is 0 Å². The lowest BCUT2D eigenvalue weighted by atomic mass is 9.94. The Morgan fingerprint density at radius 3 is 2.19 bits per heavy atom. The zero-order valence-corrected chi connectivity index (χ0v) is 22.2. The summed E-state index contributed by atoms with van der Waals surface area (Å²) in [6, 6.07) is 26.5. The van der Waals surface area contributed by atoms with E-state index in [1.165, 1.54) is 12.7 Å². The summed E-state index contributed by atoms with van der Waals surface area (Å²) in [6.07, 6.45) is 4.23. The lowest BCUT2D eigenvalue weighted by molar-refractivity contribution is -0.644. The molecule has 1 heterocycles. The van der Waals surface area contributed by atoms with Gasteiger partial charge in [0.15, 0.2) is 11.9 Å². The Bertz CT molecular complexity index is 1390. The summed E-state index contributed by atoms with van der Waals surface area (Å²) in [5, 5.41) is 10.8. The first kappa shape index (κ1) is 25.9. The second-order valence-corrected chi connectivity index (χ2v) is 9.13. The van der Waals surface area contributed by atoms with Crippen molar-refractivity contribution < 1.29 is 14.1 Å². The predicted molar refractivity (Wildman–Crippen MR) is 152 cm³/mol. The number of carbonyl (C=O) groups excluding carboxylic acids is 1. The summed E-state index contributed by atoms with van der Waals surface area (Å²) in [7, 11) is 5.18.